The molecule has 130 valence electrons. The lowest BCUT2D eigenvalue weighted by atomic mass is 10.1. The number of hydrogen-bond donors (Lipinski definition) is 0. The Labute approximate surface area is 150 Å². The fourth-order valence-corrected chi connectivity index (χ4v) is 1.99. The van der Waals surface area contributed by atoms with Crippen LogP contribution in [0.5, 0.6) is 0 Å². The number of rotatable bonds is 5. The smallest absolute Gasteiger partial charge is 0.159 e. The zero-order chi connectivity index (χ0) is 18.8. The number of ketones is 2. The van der Waals surface area contributed by atoms with Crippen LogP contribution in [0.2, 0.25) is 0 Å². The van der Waals surface area contributed by atoms with Gasteiger partial charge in [0.2, 0.25) is 0 Å². The summed E-state index contributed by atoms with van der Waals surface area (Å²) in [4.78, 5) is 21.9. The van der Waals surface area contributed by atoms with Crippen LogP contribution in [-0.2, 0) is 16.0 Å². The van der Waals surface area contributed by atoms with Crippen molar-refractivity contribution >= 4 is 17.6 Å². The van der Waals surface area contributed by atoms with Gasteiger partial charge < -0.3 is 0 Å². The Morgan fingerprint density at radius 2 is 1.36 bits per heavy atom. The van der Waals surface area contributed by atoms with Crippen LogP contribution in [0.1, 0.15) is 36.1 Å². The first-order chi connectivity index (χ1) is 11.8. The molecule has 0 N–H and O–H groups in total. The van der Waals surface area contributed by atoms with Crippen LogP contribution in [0.3, 0.4) is 0 Å². The number of hydrogen-bond acceptors (Lipinski definition) is 2. The topological polar surface area (TPSA) is 34.1 Å². The highest BCUT2D eigenvalue weighted by Gasteiger charge is 1.97. The van der Waals surface area contributed by atoms with Crippen LogP contribution in [0.4, 0.5) is 0 Å². The quantitative estimate of drug-likeness (QED) is 0.697. The summed E-state index contributed by atoms with van der Waals surface area (Å²) in [6.45, 7) is 10.9. The molecule has 0 saturated carbocycles. The summed E-state index contributed by atoms with van der Waals surface area (Å²) in [6, 6.07) is 16.1. The summed E-state index contributed by atoms with van der Waals surface area (Å²) < 4.78 is 0. The molecule has 0 fully saturated rings. The van der Waals surface area contributed by atoms with Crippen molar-refractivity contribution < 1.29 is 9.59 Å². The van der Waals surface area contributed by atoms with Gasteiger partial charge in [0, 0.05) is 6.42 Å². The van der Waals surface area contributed by atoms with Crippen LogP contribution in [-0.4, -0.2) is 11.6 Å². The van der Waals surface area contributed by atoms with Gasteiger partial charge >= 0.3 is 0 Å². The van der Waals surface area contributed by atoms with E-state index in [0.29, 0.717) is 6.42 Å². The highest BCUT2D eigenvalue weighted by Crippen LogP contribution is 2.08. The molecule has 0 aromatic heterocycles. The number of carbonyl (C=O) groups excluding carboxylic acids is 2. The third kappa shape index (κ3) is 8.07. The van der Waals surface area contributed by atoms with Crippen molar-refractivity contribution in [3.63, 3.8) is 0 Å². The predicted molar refractivity (Wildman–Crippen MR) is 106 cm³/mol. The molecule has 2 rings (SSSR count). The summed E-state index contributed by atoms with van der Waals surface area (Å²) in [5.74, 6) is 0.194. The molecule has 0 aliphatic carbocycles. The molecule has 0 atom stereocenters. The normalized spacial score (nSPS) is 10.5. The molecule has 0 bridgehead atoms. The number of benzene rings is 2. The first kappa shape index (κ1) is 20.3. The minimum atomic E-state index is 0.0684. The van der Waals surface area contributed by atoms with Gasteiger partial charge in [-0.3, -0.25) is 9.59 Å². The maximum absolute atomic E-state index is 10.9. The lowest BCUT2D eigenvalue weighted by Crippen LogP contribution is -1.97. The van der Waals surface area contributed by atoms with Crippen molar-refractivity contribution in [2.24, 2.45) is 0 Å². The minimum absolute atomic E-state index is 0.0684. The van der Waals surface area contributed by atoms with E-state index in [0.717, 1.165) is 16.7 Å². The van der Waals surface area contributed by atoms with E-state index in [1.165, 1.54) is 17.2 Å². The van der Waals surface area contributed by atoms with Gasteiger partial charge in [0.1, 0.15) is 0 Å². The van der Waals surface area contributed by atoms with Crippen molar-refractivity contribution in [1.82, 2.24) is 0 Å². The minimum Gasteiger partial charge on any atom is -0.295 e. The molecular weight excluding hydrogens is 308 g/mol. The number of allylic oxidation sites excluding steroid dienone is 2. The third-order valence-corrected chi connectivity index (χ3v) is 3.74. The van der Waals surface area contributed by atoms with Crippen LogP contribution < -0.4 is 0 Å². The van der Waals surface area contributed by atoms with Gasteiger partial charge in [0.15, 0.2) is 11.6 Å². The summed E-state index contributed by atoms with van der Waals surface area (Å²) in [5, 5.41) is 0. The zero-order valence-corrected chi connectivity index (χ0v) is 15.5. The maximum Gasteiger partial charge on any atom is 0.159 e. The van der Waals surface area contributed by atoms with E-state index in [-0.39, 0.29) is 11.6 Å². The maximum atomic E-state index is 10.9. The van der Waals surface area contributed by atoms with Gasteiger partial charge in [-0.15, -0.1) is 0 Å². The Morgan fingerprint density at radius 1 is 0.880 bits per heavy atom. The van der Waals surface area contributed by atoms with Gasteiger partial charge in [0.25, 0.3) is 0 Å². The molecular formula is C23H26O2. The van der Waals surface area contributed by atoms with E-state index in [9.17, 15) is 9.59 Å². The van der Waals surface area contributed by atoms with Crippen LogP contribution >= 0.6 is 0 Å². The Hall–Kier alpha value is -2.74. The number of Topliss-reactive ketones (excluding diaryl/α,β-unsaturated/α-hetero) is 1. The monoisotopic (exact) mass is 334 g/mol. The Bertz CT molecular complexity index is 748. The second kappa shape index (κ2) is 10.2. The van der Waals surface area contributed by atoms with Crippen LogP contribution in [0.15, 0.2) is 66.8 Å². The molecule has 2 aromatic rings. The fourth-order valence-electron chi connectivity index (χ4n) is 1.99. The van der Waals surface area contributed by atoms with Gasteiger partial charge in [0.05, 0.1) is 0 Å². The molecule has 0 spiro atoms. The highest BCUT2D eigenvalue weighted by atomic mass is 16.1. The van der Waals surface area contributed by atoms with E-state index < -0.39 is 0 Å². The van der Waals surface area contributed by atoms with E-state index in [4.69, 9.17) is 0 Å². The van der Waals surface area contributed by atoms with Crippen LogP contribution in [0.25, 0.3) is 6.08 Å². The average Bonchev–Trinajstić information content (AvgIpc) is 2.59. The molecule has 0 amide bonds. The van der Waals surface area contributed by atoms with Crippen molar-refractivity contribution in [1.29, 1.82) is 0 Å². The van der Waals surface area contributed by atoms with E-state index in [1.807, 2.05) is 75.4 Å². The molecule has 2 nitrogen and oxygen atoms in total. The lowest BCUT2D eigenvalue weighted by Gasteiger charge is -1.97. The third-order valence-electron chi connectivity index (χ3n) is 3.74. The number of carbonyl (C=O) groups is 2. The fraction of sp³-hybridized carbons (Fsp3) is 0.217. The molecule has 0 saturated heterocycles. The molecule has 0 unspecified atom stereocenters. The SMILES string of the molecule is C=CC(=O)Cc1ccc(C)cc1.CC(=O)/C(C)=C/c1ccc(C)cc1. The lowest BCUT2D eigenvalue weighted by molar-refractivity contribution is -0.114. The van der Waals surface area contributed by atoms with Gasteiger partial charge in [-0.2, -0.15) is 0 Å². The van der Waals surface area contributed by atoms with Crippen molar-refractivity contribution in [3.05, 3.63) is 89.0 Å². The van der Waals surface area contributed by atoms with E-state index in [1.54, 1.807) is 6.92 Å². The molecule has 0 aliphatic rings. The molecule has 0 radical (unpaired) electrons. The highest BCUT2D eigenvalue weighted by molar-refractivity contribution is 5.97. The van der Waals surface area contributed by atoms with Crippen LogP contribution in [0, 0.1) is 13.8 Å². The molecule has 0 heterocycles. The van der Waals surface area contributed by atoms with Gasteiger partial charge in [-0.05, 0) is 56.5 Å². The summed E-state index contributed by atoms with van der Waals surface area (Å²) in [5.41, 5.74) is 5.37. The van der Waals surface area contributed by atoms with E-state index in [2.05, 4.69) is 6.58 Å². The Kier molecular flexibility index (Phi) is 8.28. The zero-order valence-electron chi connectivity index (χ0n) is 15.5. The standard InChI is InChI=1S/C12H14O.C11H12O/c1-9-4-6-12(7-5-9)8-10(2)11(3)13;1-3-11(12)8-10-6-4-9(2)5-7-10/h4-8H,1-3H3;3-7H,1,8H2,2H3/b10-8+;. The summed E-state index contributed by atoms with van der Waals surface area (Å²) >= 11 is 0. The van der Waals surface area contributed by atoms with Crippen molar-refractivity contribution in [3.8, 4) is 0 Å². The molecule has 2 heteroatoms. The Morgan fingerprint density at radius 3 is 1.80 bits per heavy atom. The van der Waals surface area contributed by atoms with E-state index >= 15 is 0 Å². The average molecular weight is 334 g/mol. The second-order valence-corrected chi connectivity index (χ2v) is 6.13. The first-order valence-corrected chi connectivity index (χ1v) is 8.28. The van der Waals surface area contributed by atoms with Crippen molar-refractivity contribution in [2.45, 2.75) is 34.1 Å². The molecule has 2 aromatic carbocycles. The largest absolute Gasteiger partial charge is 0.295 e. The van der Waals surface area contributed by atoms with Gasteiger partial charge in [-0.1, -0.05) is 66.2 Å². The number of aryl methyl sites for hydroxylation is 2. The molecule has 0 aliphatic heterocycles. The molecule has 25 heavy (non-hydrogen) atoms. The second-order valence-electron chi connectivity index (χ2n) is 6.13. The van der Waals surface area contributed by atoms with Crippen molar-refractivity contribution in [2.75, 3.05) is 0 Å². The summed E-state index contributed by atoms with van der Waals surface area (Å²) in [7, 11) is 0. The predicted octanol–water partition coefficient (Wildman–Crippen LogP) is 5.28. The first-order valence-electron chi connectivity index (χ1n) is 8.28. The Balaban J connectivity index is 0.000000251. The summed E-state index contributed by atoms with van der Waals surface area (Å²) in [6.07, 6.45) is 3.73. The van der Waals surface area contributed by atoms with Gasteiger partial charge in [-0.25, -0.2) is 0 Å².